The number of benzene rings is 1. The second-order valence-electron chi connectivity index (χ2n) is 5.00. The Bertz CT molecular complexity index is 519. The summed E-state index contributed by atoms with van der Waals surface area (Å²) in [7, 11) is 0. The Kier molecular flexibility index (Phi) is 5.37. The molecule has 1 rings (SSSR count). The van der Waals surface area contributed by atoms with Gasteiger partial charge >= 0.3 is 0 Å². The average Bonchev–Trinajstić information content (AvgIpc) is 2.36. The standard InChI is InChI=1S/C14H19N3O3/c1-9(2)15-14(16-10(3)4)13(18)11-5-7-12(8-6-11)17(19)20/h5-10H,1-4H3,(H,15,16). The lowest BCUT2D eigenvalue weighted by Gasteiger charge is -2.13. The number of Topliss-reactive ketones (excluding diaryl/α,β-unsaturated/α-hetero) is 1. The summed E-state index contributed by atoms with van der Waals surface area (Å²) >= 11 is 0. The van der Waals surface area contributed by atoms with Crippen LogP contribution in [0.25, 0.3) is 0 Å². The molecule has 0 fully saturated rings. The summed E-state index contributed by atoms with van der Waals surface area (Å²) in [5.74, 6) is 0.0196. The molecule has 108 valence electrons. The van der Waals surface area contributed by atoms with Crippen molar-refractivity contribution >= 4 is 17.3 Å². The van der Waals surface area contributed by atoms with E-state index in [1.165, 1.54) is 24.3 Å². The number of rotatable bonds is 5. The normalized spacial score (nSPS) is 11.8. The van der Waals surface area contributed by atoms with Gasteiger partial charge in [-0.25, -0.2) is 0 Å². The maximum Gasteiger partial charge on any atom is 0.269 e. The quantitative estimate of drug-likeness (QED) is 0.295. The molecule has 0 saturated carbocycles. The number of aliphatic imine (C=N–C) groups is 1. The lowest BCUT2D eigenvalue weighted by molar-refractivity contribution is -0.384. The fraction of sp³-hybridized carbons (Fsp3) is 0.429. The van der Waals surface area contributed by atoms with E-state index in [1.54, 1.807) is 0 Å². The zero-order valence-electron chi connectivity index (χ0n) is 12.1. The topological polar surface area (TPSA) is 84.6 Å². The number of carbonyl (C=O) groups excluding carboxylic acids is 1. The predicted molar refractivity (Wildman–Crippen MR) is 78.3 cm³/mol. The second-order valence-corrected chi connectivity index (χ2v) is 5.00. The number of amidine groups is 1. The first-order valence-electron chi connectivity index (χ1n) is 6.44. The van der Waals surface area contributed by atoms with Gasteiger partial charge in [0.15, 0.2) is 5.84 Å². The molecule has 0 saturated heterocycles. The average molecular weight is 277 g/mol. The molecule has 6 nitrogen and oxygen atoms in total. The molecule has 0 unspecified atom stereocenters. The van der Waals surface area contributed by atoms with E-state index in [9.17, 15) is 14.9 Å². The lowest BCUT2D eigenvalue weighted by Crippen LogP contribution is -2.37. The van der Waals surface area contributed by atoms with E-state index in [4.69, 9.17) is 0 Å². The molecule has 1 N–H and O–H groups in total. The minimum absolute atomic E-state index is 0.0155. The number of carbonyl (C=O) groups is 1. The van der Waals surface area contributed by atoms with Crippen LogP contribution in [0, 0.1) is 10.1 Å². The Morgan fingerprint density at radius 1 is 1.20 bits per heavy atom. The Hall–Kier alpha value is -2.24. The summed E-state index contributed by atoms with van der Waals surface area (Å²) in [5.41, 5.74) is 0.337. The molecular weight excluding hydrogens is 258 g/mol. The van der Waals surface area contributed by atoms with Gasteiger partial charge in [0, 0.05) is 29.8 Å². The fourth-order valence-electron chi connectivity index (χ4n) is 1.56. The van der Waals surface area contributed by atoms with Crippen LogP contribution in [0.3, 0.4) is 0 Å². The predicted octanol–water partition coefficient (Wildman–Crippen LogP) is 2.58. The molecule has 0 heterocycles. The van der Waals surface area contributed by atoms with Crippen LogP contribution in [0.5, 0.6) is 0 Å². The zero-order valence-corrected chi connectivity index (χ0v) is 12.1. The highest BCUT2D eigenvalue weighted by molar-refractivity contribution is 6.45. The van der Waals surface area contributed by atoms with Crippen molar-refractivity contribution in [3.8, 4) is 0 Å². The molecule has 20 heavy (non-hydrogen) atoms. The molecule has 0 atom stereocenters. The Labute approximate surface area is 118 Å². The van der Waals surface area contributed by atoms with Crippen LogP contribution in [0.4, 0.5) is 5.69 Å². The first-order chi connectivity index (χ1) is 9.31. The molecule has 0 aliphatic carbocycles. The number of nitro benzene ring substituents is 1. The van der Waals surface area contributed by atoms with Gasteiger partial charge in [-0.15, -0.1) is 0 Å². The van der Waals surface area contributed by atoms with Gasteiger partial charge in [-0.3, -0.25) is 19.9 Å². The van der Waals surface area contributed by atoms with Gasteiger partial charge in [0.05, 0.1) is 4.92 Å². The molecular formula is C14H19N3O3. The molecule has 0 bridgehead atoms. The summed E-state index contributed by atoms with van der Waals surface area (Å²) in [6.45, 7) is 7.59. The fourth-order valence-corrected chi connectivity index (χ4v) is 1.56. The minimum atomic E-state index is -0.496. The van der Waals surface area contributed by atoms with Gasteiger partial charge in [0.2, 0.25) is 5.78 Å². The number of hydrogen-bond donors (Lipinski definition) is 1. The van der Waals surface area contributed by atoms with E-state index in [2.05, 4.69) is 10.3 Å². The first-order valence-corrected chi connectivity index (χ1v) is 6.44. The van der Waals surface area contributed by atoms with Crippen molar-refractivity contribution < 1.29 is 9.72 Å². The van der Waals surface area contributed by atoms with Crippen LogP contribution >= 0.6 is 0 Å². The van der Waals surface area contributed by atoms with Crippen LogP contribution < -0.4 is 5.32 Å². The van der Waals surface area contributed by atoms with Crippen molar-refractivity contribution in [1.82, 2.24) is 5.32 Å². The van der Waals surface area contributed by atoms with Gasteiger partial charge < -0.3 is 5.32 Å². The SMILES string of the molecule is CC(C)N=C(NC(C)C)C(=O)c1ccc([N+](=O)[O-])cc1. The van der Waals surface area contributed by atoms with E-state index in [0.29, 0.717) is 5.56 Å². The molecule has 0 radical (unpaired) electrons. The smallest absolute Gasteiger partial charge is 0.269 e. The number of nitro groups is 1. The van der Waals surface area contributed by atoms with Gasteiger partial charge in [0.25, 0.3) is 5.69 Å². The molecule has 0 spiro atoms. The Morgan fingerprint density at radius 3 is 2.15 bits per heavy atom. The van der Waals surface area contributed by atoms with E-state index in [-0.39, 0.29) is 29.4 Å². The van der Waals surface area contributed by atoms with Gasteiger partial charge in [-0.1, -0.05) is 0 Å². The van der Waals surface area contributed by atoms with Crippen LogP contribution in [0.1, 0.15) is 38.1 Å². The maximum absolute atomic E-state index is 12.3. The summed E-state index contributed by atoms with van der Waals surface area (Å²) < 4.78 is 0. The van der Waals surface area contributed by atoms with Gasteiger partial charge in [-0.05, 0) is 39.8 Å². The van der Waals surface area contributed by atoms with Crippen molar-refractivity contribution in [2.24, 2.45) is 4.99 Å². The number of nitrogens with zero attached hydrogens (tertiary/aromatic N) is 2. The molecule has 0 aromatic heterocycles. The van der Waals surface area contributed by atoms with Crippen molar-refractivity contribution in [3.63, 3.8) is 0 Å². The number of hydrogen-bond acceptors (Lipinski definition) is 4. The van der Waals surface area contributed by atoms with Crippen LogP contribution in [-0.2, 0) is 0 Å². The van der Waals surface area contributed by atoms with Gasteiger partial charge in [-0.2, -0.15) is 0 Å². The lowest BCUT2D eigenvalue weighted by atomic mass is 10.1. The molecule has 1 aromatic rings. The first kappa shape index (κ1) is 15.8. The van der Waals surface area contributed by atoms with Crippen LogP contribution in [0.2, 0.25) is 0 Å². The molecule has 0 aliphatic rings. The highest BCUT2D eigenvalue weighted by atomic mass is 16.6. The van der Waals surface area contributed by atoms with E-state index < -0.39 is 4.92 Å². The second kappa shape index (κ2) is 6.79. The monoisotopic (exact) mass is 277 g/mol. The third kappa shape index (κ3) is 4.46. The summed E-state index contributed by atoms with van der Waals surface area (Å²) in [4.78, 5) is 26.7. The van der Waals surface area contributed by atoms with E-state index in [1.807, 2.05) is 27.7 Å². The molecule has 1 aromatic carbocycles. The summed E-state index contributed by atoms with van der Waals surface area (Å²) in [6, 6.07) is 5.58. The van der Waals surface area contributed by atoms with Crippen molar-refractivity contribution in [1.29, 1.82) is 0 Å². The number of nitrogens with one attached hydrogen (secondary N) is 1. The minimum Gasteiger partial charge on any atom is -0.365 e. The highest BCUT2D eigenvalue weighted by Gasteiger charge is 2.16. The van der Waals surface area contributed by atoms with Crippen molar-refractivity contribution in [3.05, 3.63) is 39.9 Å². The van der Waals surface area contributed by atoms with Crippen molar-refractivity contribution in [2.45, 2.75) is 39.8 Å². The van der Waals surface area contributed by atoms with E-state index in [0.717, 1.165) is 0 Å². The third-order valence-electron chi connectivity index (χ3n) is 2.37. The number of ketones is 1. The molecule has 0 amide bonds. The Balaban J connectivity index is 3.03. The number of non-ortho nitro benzene ring substituents is 1. The van der Waals surface area contributed by atoms with Gasteiger partial charge in [0.1, 0.15) is 0 Å². The van der Waals surface area contributed by atoms with Crippen LogP contribution in [0.15, 0.2) is 29.3 Å². The maximum atomic E-state index is 12.3. The zero-order chi connectivity index (χ0) is 15.3. The third-order valence-corrected chi connectivity index (χ3v) is 2.37. The summed E-state index contributed by atoms with van der Waals surface area (Å²) in [5, 5.41) is 13.6. The van der Waals surface area contributed by atoms with E-state index >= 15 is 0 Å². The van der Waals surface area contributed by atoms with Crippen molar-refractivity contribution in [2.75, 3.05) is 0 Å². The summed E-state index contributed by atoms with van der Waals surface area (Å²) in [6.07, 6.45) is 0. The largest absolute Gasteiger partial charge is 0.365 e. The molecule has 6 heteroatoms. The highest BCUT2D eigenvalue weighted by Crippen LogP contribution is 2.12. The Morgan fingerprint density at radius 2 is 1.75 bits per heavy atom. The molecule has 0 aliphatic heterocycles. The van der Waals surface area contributed by atoms with Crippen LogP contribution in [-0.4, -0.2) is 28.6 Å².